The summed E-state index contributed by atoms with van der Waals surface area (Å²) in [6.07, 6.45) is 0. The van der Waals surface area contributed by atoms with Crippen molar-refractivity contribution in [3.05, 3.63) is 121 Å². The lowest BCUT2D eigenvalue weighted by atomic mass is 10.2. The Balaban J connectivity index is 1.70. The van der Waals surface area contributed by atoms with E-state index in [0.717, 1.165) is 0 Å². The third-order valence-corrected chi connectivity index (χ3v) is 5.13. The Morgan fingerprint density at radius 3 is 0.694 bits per heavy atom. The molecule has 0 amide bonds. The maximum Gasteiger partial charge on any atom is 0.219 e. The molecule has 6 heteroatoms. The third kappa shape index (κ3) is 5.03. The Morgan fingerprint density at radius 1 is 0.306 bits per heavy atom. The highest BCUT2D eigenvalue weighted by Crippen LogP contribution is 2.60. The SMILES string of the molecule is Oc1c(Oc2ccccc2)c(Oc2ccccc2)c(O)c(Oc2ccccc2)c1Oc1ccccc1. The highest BCUT2D eigenvalue weighted by Gasteiger charge is 2.31. The molecule has 0 saturated heterocycles. The third-order valence-electron chi connectivity index (χ3n) is 5.13. The lowest BCUT2D eigenvalue weighted by Crippen LogP contribution is -1.98. The standard InChI is InChI=1S/C30H22O6/c31-25-27(33-21-13-5-1-6-14-21)28(34-22-15-7-2-8-16-22)26(32)30(36-24-19-11-4-12-20-24)29(25)35-23-17-9-3-10-18-23/h1-20,31-32H. The van der Waals surface area contributed by atoms with E-state index in [1.165, 1.54) is 0 Å². The van der Waals surface area contributed by atoms with Crippen molar-refractivity contribution in [2.45, 2.75) is 0 Å². The molecule has 0 aliphatic carbocycles. The van der Waals surface area contributed by atoms with Crippen LogP contribution in [0.1, 0.15) is 0 Å². The second-order valence-electron chi connectivity index (χ2n) is 7.67. The number of phenols is 2. The molecule has 0 aliphatic rings. The van der Waals surface area contributed by atoms with Gasteiger partial charge in [-0.25, -0.2) is 0 Å². The minimum Gasteiger partial charge on any atom is -0.501 e. The van der Waals surface area contributed by atoms with Crippen molar-refractivity contribution in [3.63, 3.8) is 0 Å². The predicted octanol–water partition coefficient (Wildman–Crippen LogP) is 8.27. The van der Waals surface area contributed by atoms with Crippen molar-refractivity contribution in [1.29, 1.82) is 0 Å². The number of para-hydroxylation sites is 4. The normalized spacial score (nSPS) is 10.4. The smallest absolute Gasteiger partial charge is 0.219 e. The highest BCUT2D eigenvalue weighted by atomic mass is 16.6. The second-order valence-corrected chi connectivity index (χ2v) is 7.67. The van der Waals surface area contributed by atoms with E-state index < -0.39 is 11.5 Å². The average Bonchev–Trinajstić information content (AvgIpc) is 2.93. The van der Waals surface area contributed by atoms with Crippen LogP contribution in [0.4, 0.5) is 0 Å². The molecule has 0 fully saturated rings. The number of rotatable bonds is 8. The van der Waals surface area contributed by atoms with Gasteiger partial charge in [-0.05, 0) is 48.5 Å². The maximum absolute atomic E-state index is 11.4. The van der Waals surface area contributed by atoms with Crippen LogP contribution >= 0.6 is 0 Å². The summed E-state index contributed by atoms with van der Waals surface area (Å²) in [5.41, 5.74) is 0. The molecule has 0 aliphatic heterocycles. The van der Waals surface area contributed by atoms with Gasteiger partial charge in [-0.3, -0.25) is 0 Å². The van der Waals surface area contributed by atoms with Gasteiger partial charge in [0.15, 0.2) is 0 Å². The van der Waals surface area contributed by atoms with Crippen molar-refractivity contribution < 1.29 is 29.2 Å². The van der Waals surface area contributed by atoms with Gasteiger partial charge in [0.25, 0.3) is 0 Å². The van der Waals surface area contributed by atoms with Gasteiger partial charge in [0.1, 0.15) is 23.0 Å². The Hall–Kier alpha value is -5.10. The summed E-state index contributed by atoms with van der Waals surface area (Å²) in [4.78, 5) is 0. The van der Waals surface area contributed by atoms with Crippen molar-refractivity contribution in [2.75, 3.05) is 0 Å². The first kappa shape index (κ1) is 22.7. The van der Waals surface area contributed by atoms with Crippen LogP contribution in [0.2, 0.25) is 0 Å². The second kappa shape index (κ2) is 10.4. The number of ether oxygens (including phenoxy) is 4. The van der Waals surface area contributed by atoms with Gasteiger partial charge in [-0.15, -0.1) is 0 Å². The van der Waals surface area contributed by atoms with Crippen LogP contribution in [0.3, 0.4) is 0 Å². The molecule has 0 atom stereocenters. The van der Waals surface area contributed by atoms with Gasteiger partial charge in [0.2, 0.25) is 34.5 Å². The summed E-state index contributed by atoms with van der Waals surface area (Å²) in [5, 5.41) is 22.9. The monoisotopic (exact) mass is 478 g/mol. The van der Waals surface area contributed by atoms with E-state index in [0.29, 0.717) is 23.0 Å². The van der Waals surface area contributed by atoms with E-state index in [1.807, 2.05) is 24.3 Å². The van der Waals surface area contributed by atoms with Crippen molar-refractivity contribution in [2.24, 2.45) is 0 Å². The summed E-state index contributed by atoms with van der Waals surface area (Å²) < 4.78 is 24.0. The molecule has 0 spiro atoms. The number of benzene rings is 5. The molecule has 0 saturated carbocycles. The lowest BCUT2D eigenvalue weighted by molar-refractivity contribution is 0.318. The summed E-state index contributed by atoms with van der Waals surface area (Å²) >= 11 is 0. The minimum atomic E-state index is -0.405. The Kier molecular flexibility index (Phi) is 6.58. The van der Waals surface area contributed by atoms with E-state index in [4.69, 9.17) is 18.9 Å². The molecule has 0 bridgehead atoms. The van der Waals surface area contributed by atoms with Crippen LogP contribution in [0.5, 0.6) is 57.5 Å². The molecule has 0 heterocycles. The number of hydrogen-bond donors (Lipinski definition) is 2. The van der Waals surface area contributed by atoms with E-state index >= 15 is 0 Å². The summed E-state index contributed by atoms with van der Waals surface area (Å²) in [6, 6.07) is 35.4. The van der Waals surface area contributed by atoms with Crippen LogP contribution in [0, 0.1) is 0 Å². The molecular formula is C30H22O6. The molecule has 0 aromatic heterocycles. The Labute approximate surface area is 208 Å². The molecular weight excluding hydrogens is 456 g/mol. The molecule has 5 rings (SSSR count). The molecule has 178 valence electrons. The topological polar surface area (TPSA) is 77.4 Å². The number of phenolic OH excluding ortho intramolecular Hbond substituents is 2. The fraction of sp³-hybridized carbons (Fsp3) is 0. The van der Waals surface area contributed by atoms with E-state index in [-0.39, 0.29) is 23.0 Å². The van der Waals surface area contributed by atoms with Crippen LogP contribution < -0.4 is 18.9 Å². The molecule has 0 radical (unpaired) electrons. The van der Waals surface area contributed by atoms with Crippen molar-refractivity contribution >= 4 is 0 Å². The Morgan fingerprint density at radius 2 is 0.500 bits per heavy atom. The zero-order valence-electron chi connectivity index (χ0n) is 19.1. The first-order valence-electron chi connectivity index (χ1n) is 11.2. The van der Waals surface area contributed by atoms with E-state index in [9.17, 15) is 10.2 Å². The predicted molar refractivity (Wildman–Crippen MR) is 136 cm³/mol. The van der Waals surface area contributed by atoms with Gasteiger partial charge >= 0.3 is 0 Å². The molecule has 6 nitrogen and oxygen atoms in total. The maximum atomic E-state index is 11.4. The van der Waals surface area contributed by atoms with Crippen LogP contribution in [-0.4, -0.2) is 10.2 Å². The summed E-state index contributed by atoms with van der Waals surface area (Å²) in [5.74, 6) is 0.361. The lowest BCUT2D eigenvalue weighted by Gasteiger charge is -2.21. The molecule has 0 unspecified atom stereocenters. The van der Waals surface area contributed by atoms with Crippen molar-refractivity contribution in [3.8, 4) is 57.5 Å². The molecule has 5 aromatic carbocycles. The molecule has 36 heavy (non-hydrogen) atoms. The quantitative estimate of drug-likeness (QED) is 0.219. The first-order chi connectivity index (χ1) is 17.7. The number of hydrogen-bond acceptors (Lipinski definition) is 6. The zero-order valence-corrected chi connectivity index (χ0v) is 19.1. The fourth-order valence-electron chi connectivity index (χ4n) is 3.44. The minimum absolute atomic E-state index is 0.131. The Bertz CT molecular complexity index is 1200. The van der Waals surface area contributed by atoms with Gasteiger partial charge in [-0.1, -0.05) is 72.8 Å². The zero-order chi connectivity index (χ0) is 24.7. The summed E-state index contributed by atoms with van der Waals surface area (Å²) in [7, 11) is 0. The number of aromatic hydroxyl groups is 2. The molecule has 2 N–H and O–H groups in total. The van der Waals surface area contributed by atoms with Gasteiger partial charge in [0.05, 0.1) is 0 Å². The van der Waals surface area contributed by atoms with Crippen LogP contribution in [-0.2, 0) is 0 Å². The van der Waals surface area contributed by atoms with E-state index in [1.54, 1.807) is 97.1 Å². The van der Waals surface area contributed by atoms with Crippen molar-refractivity contribution in [1.82, 2.24) is 0 Å². The van der Waals surface area contributed by atoms with E-state index in [2.05, 4.69) is 0 Å². The van der Waals surface area contributed by atoms with Gasteiger partial charge in [0, 0.05) is 0 Å². The van der Waals surface area contributed by atoms with Gasteiger partial charge in [-0.2, -0.15) is 0 Å². The van der Waals surface area contributed by atoms with Gasteiger partial charge < -0.3 is 29.2 Å². The average molecular weight is 479 g/mol. The molecule has 5 aromatic rings. The van der Waals surface area contributed by atoms with Crippen LogP contribution in [0.25, 0.3) is 0 Å². The largest absolute Gasteiger partial charge is 0.501 e. The highest BCUT2D eigenvalue weighted by molar-refractivity contribution is 5.74. The van der Waals surface area contributed by atoms with Crippen LogP contribution in [0.15, 0.2) is 121 Å². The summed E-state index contributed by atoms with van der Waals surface area (Å²) in [6.45, 7) is 0. The fourth-order valence-corrected chi connectivity index (χ4v) is 3.44. The first-order valence-corrected chi connectivity index (χ1v) is 11.2.